The van der Waals surface area contributed by atoms with E-state index >= 15 is 0 Å². The Bertz CT molecular complexity index is 699. The van der Waals surface area contributed by atoms with Crippen LogP contribution in [0.15, 0.2) is 18.2 Å². The van der Waals surface area contributed by atoms with Gasteiger partial charge in [-0.1, -0.05) is 42.9 Å². The molecule has 0 bridgehead atoms. The molecule has 0 unspecified atom stereocenters. The topological polar surface area (TPSA) is 42.2 Å². The first-order valence-corrected chi connectivity index (χ1v) is 7.52. The molecule has 0 amide bonds. The van der Waals surface area contributed by atoms with Crippen LogP contribution in [0.25, 0.3) is 10.9 Å². The molecule has 0 spiro atoms. The first kappa shape index (κ1) is 13.7. The van der Waals surface area contributed by atoms with Crippen LogP contribution in [0.3, 0.4) is 0 Å². The Morgan fingerprint density at radius 1 is 1.50 bits per heavy atom. The number of likely N-dealkylation sites (N-methyl/N-ethyl adjacent to an activating group) is 1. The first-order valence-electron chi connectivity index (χ1n) is 6.74. The number of hydrogen-bond donors (Lipinski definition) is 1. The summed E-state index contributed by atoms with van der Waals surface area (Å²) in [6.07, 6.45) is 0.917. The average Bonchev–Trinajstić information content (AvgIpc) is 2.44. The summed E-state index contributed by atoms with van der Waals surface area (Å²) in [4.78, 5) is 7.56. The number of nitrogens with zero attached hydrogens (tertiary/aromatic N) is 2. The van der Waals surface area contributed by atoms with E-state index in [1.807, 2.05) is 18.2 Å². The predicted octanol–water partition coefficient (Wildman–Crippen LogP) is 2.90. The number of nitrogens with two attached hydrogens (primary N) is 1. The summed E-state index contributed by atoms with van der Waals surface area (Å²) in [5, 5.41) is 1.61. The molecule has 2 aromatic rings. The lowest BCUT2D eigenvalue weighted by molar-refractivity contribution is 0.266. The normalized spacial score (nSPS) is 15.3. The number of para-hydroxylation sites is 1. The lowest BCUT2D eigenvalue weighted by atomic mass is 9.96. The van der Waals surface area contributed by atoms with Gasteiger partial charge in [0.05, 0.1) is 10.5 Å². The van der Waals surface area contributed by atoms with Crippen LogP contribution in [0.5, 0.6) is 0 Å². The summed E-state index contributed by atoms with van der Waals surface area (Å²) in [5.74, 6) is 0. The van der Waals surface area contributed by atoms with Gasteiger partial charge in [-0.15, -0.1) is 0 Å². The van der Waals surface area contributed by atoms with Crippen molar-refractivity contribution in [3.8, 4) is 0 Å². The van der Waals surface area contributed by atoms with Gasteiger partial charge in [0.15, 0.2) is 0 Å². The lowest BCUT2D eigenvalue weighted by Gasteiger charge is -2.29. The molecule has 3 nitrogen and oxygen atoms in total. The van der Waals surface area contributed by atoms with Crippen LogP contribution in [-0.4, -0.2) is 28.0 Å². The molecule has 0 fully saturated rings. The minimum absolute atomic E-state index is 0.425. The molecule has 2 N–H and O–H groups in total. The SMILES string of the molecule is CCN1CCc2nc3c(Cl)cccc3c(C(N)=S)c2C1. The van der Waals surface area contributed by atoms with Gasteiger partial charge in [0.25, 0.3) is 0 Å². The molecule has 2 heterocycles. The Labute approximate surface area is 128 Å². The maximum Gasteiger partial charge on any atom is 0.105 e. The summed E-state index contributed by atoms with van der Waals surface area (Å²) in [6.45, 7) is 5.05. The summed E-state index contributed by atoms with van der Waals surface area (Å²) in [6, 6.07) is 5.77. The molecule has 1 aliphatic heterocycles. The van der Waals surface area contributed by atoms with E-state index in [9.17, 15) is 0 Å². The highest BCUT2D eigenvalue weighted by molar-refractivity contribution is 7.80. The molecular weight excluding hydrogens is 290 g/mol. The van der Waals surface area contributed by atoms with Crippen molar-refractivity contribution in [2.45, 2.75) is 19.9 Å². The van der Waals surface area contributed by atoms with Crippen molar-refractivity contribution in [2.24, 2.45) is 5.73 Å². The van der Waals surface area contributed by atoms with E-state index in [1.54, 1.807) is 0 Å². The molecule has 3 rings (SSSR count). The molecule has 0 radical (unpaired) electrons. The van der Waals surface area contributed by atoms with Gasteiger partial charge in [-0.3, -0.25) is 9.88 Å². The number of thiocarbonyl (C=S) groups is 1. The lowest BCUT2D eigenvalue weighted by Crippen LogP contribution is -2.33. The highest BCUT2D eigenvalue weighted by Gasteiger charge is 2.23. The van der Waals surface area contributed by atoms with Crippen LogP contribution < -0.4 is 5.73 Å². The number of rotatable bonds is 2. The fourth-order valence-corrected chi connectivity index (χ4v) is 3.29. The highest BCUT2D eigenvalue weighted by Crippen LogP contribution is 2.31. The van der Waals surface area contributed by atoms with E-state index in [-0.39, 0.29) is 0 Å². The van der Waals surface area contributed by atoms with Gasteiger partial charge in [0.1, 0.15) is 4.99 Å². The third-order valence-electron chi connectivity index (χ3n) is 3.89. The second-order valence-corrected chi connectivity index (χ2v) is 5.88. The van der Waals surface area contributed by atoms with E-state index in [2.05, 4.69) is 11.8 Å². The van der Waals surface area contributed by atoms with Crippen molar-refractivity contribution < 1.29 is 0 Å². The first-order chi connectivity index (χ1) is 9.61. The zero-order valence-electron chi connectivity index (χ0n) is 11.3. The number of aromatic nitrogens is 1. The second kappa shape index (κ2) is 5.28. The van der Waals surface area contributed by atoms with E-state index in [0.717, 1.165) is 48.2 Å². The number of halogens is 1. The van der Waals surface area contributed by atoms with Crippen LogP contribution >= 0.6 is 23.8 Å². The van der Waals surface area contributed by atoms with Gasteiger partial charge in [-0.2, -0.15) is 0 Å². The molecule has 1 aliphatic rings. The molecular formula is C15H16ClN3S. The molecule has 0 saturated carbocycles. The van der Waals surface area contributed by atoms with Gasteiger partial charge in [0, 0.05) is 36.2 Å². The number of benzene rings is 1. The van der Waals surface area contributed by atoms with Gasteiger partial charge in [-0.05, 0) is 18.2 Å². The van der Waals surface area contributed by atoms with Crippen molar-refractivity contribution in [3.05, 3.63) is 40.0 Å². The monoisotopic (exact) mass is 305 g/mol. The summed E-state index contributed by atoms with van der Waals surface area (Å²) < 4.78 is 0. The number of hydrogen-bond acceptors (Lipinski definition) is 3. The third-order valence-corrected chi connectivity index (χ3v) is 4.40. The largest absolute Gasteiger partial charge is 0.389 e. The van der Waals surface area contributed by atoms with E-state index in [4.69, 9.17) is 34.5 Å². The van der Waals surface area contributed by atoms with Crippen LogP contribution in [0.1, 0.15) is 23.7 Å². The Morgan fingerprint density at radius 2 is 2.30 bits per heavy atom. The fourth-order valence-electron chi connectivity index (χ4n) is 2.84. The van der Waals surface area contributed by atoms with Gasteiger partial charge < -0.3 is 5.73 Å². The molecule has 5 heteroatoms. The van der Waals surface area contributed by atoms with Crippen LogP contribution in [0.2, 0.25) is 5.02 Å². The smallest absolute Gasteiger partial charge is 0.105 e. The van der Waals surface area contributed by atoms with Gasteiger partial charge in [-0.25, -0.2) is 0 Å². The number of fused-ring (bicyclic) bond motifs is 2. The molecule has 1 aromatic heterocycles. The van der Waals surface area contributed by atoms with Gasteiger partial charge >= 0.3 is 0 Å². The van der Waals surface area contributed by atoms with E-state index in [1.165, 1.54) is 5.56 Å². The molecule has 20 heavy (non-hydrogen) atoms. The molecule has 0 saturated heterocycles. The van der Waals surface area contributed by atoms with Crippen molar-refractivity contribution in [1.82, 2.24) is 9.88 Å². The zero-order chi connectivity index (χ0) is 14.3. The Morgan fingerprint density at radius 3 is 3.00 bits per heavy atom. The van der Waals surface area contributed by atoms with Crippen LogP contribution in [-0.2, 0) is 13.0 Å². The Hall–Kier alpha value is -1.23. The van der Waals surface area contributed by atoms with Crippen LogP contribution in [0.4, 0.5) is 0 Å². The quantitative estimate of drug-likeness (QED) is 0.866. The minimum atomic E-state index is 0.425. The average molecular weight is 306 g/mol. The summed E-state index contributed by atoms with van der Waals surface area (Å²) in [7, 11) is 0. The standard InChI is InChI=1S/C15H16ClN3S/c1-2-19-7-6-12-10(8-19)13(15(17)20)9-4-3-5-11(16)14(9)18-12/h3-5H,2,6-8H2,1H3,(H2,17,20). The van der Waals surface area contributed by atoms with E-state index < -0.39 is 0 Å². The summed E-state index contributed by atoms with van der Waals surface area (Å²) >= 11 is 11.6. The van der Waals surface area contributed by atoms with Crippen LogP contribution in [0, 0.1) is 0 Å². The Balaban J connectivity index is 2.32. The molecule has 104 valence electrons. The maximum absolute atomic E-state index is 6.28. The van der Waals surface area contributed by atoms with Gasteiger partial charge in [0.2, 0.25) is 0 Å². The predicted molar refractivity (Wildman–Crippen MR) is 87.3 cm³/mol. The number of pyridine rings is 1. The summed E-state index contributed by atoms with van der Waals surface area (Å²) in [5.41, 5.74) is 9.98. The van der Waals surface area contributed by atoms with Crippen molar-refractivity contribution in [3.63, 3.8) is 0 Å². The van der Waals surface area contributed by atoms with E-state index in [0.29, 0.717) is 10.0 Å². The molecule has 0 atom stereocenters. The highest BCUT2D eigenvalue weighted by atomic mass is 35.5. The van der Waals surface area contributed by atoms with Crippen molar-refractivity contribution >= 4 is 39.7 Å². The minimum Gasteiger partial charge on any atom is -0.389 e. The third kappa shape index (κ3) is 2.18. The fraction of sp³-hybridized carbons (Fsp3) is 0.333. The van der Waals surface area contributed by atoms with Crippen molar-refractivity contribution in [1.29, 1.82) is 0 Å². The molecule has 0 aliphatic carbocycles. The maximum atomic E-state index is 6.28. The second-order valence-electron chi connectivity index (χ2n) is 5.03. The molecule has 1 aromatic carbocycles. The van der Waals surface area contributed by atoms with Crippen molar-refractivity contribution in [2.75, 3.05) is 13.1 Å². The Kier molecular flexibility index (Phi) is 3.63. The zero-order valence-corrected chi connectivity index (χ0v) is 12.9.